The van der Waals surface area contributed by atoms with E-state index < -0.39 is 21.7 Å². The van der Waals surface area contributed by atoms with Crippen molar-refractivity contribution in [1.29, 1.82) is 0 Å². The molecule has 0 atom stereocenters. The molecule has 0 aliphatic carbocycles. The number of aryl methyl sites for hydroxylation is 1. The van der Waals surface area contributed by atoms with Crippen LogP contribution in [-0.4, -0.2) is 8.42 Å². The molecule has 8 heteroatoms. The molecule has 0 amide bonds. The summed E-state index contributed by atoms with van der Waals surface area (Å²) >= 11 is 1.24. The molecule has 26 heavy (non-hydrogen) atoms. The topological polar surface area (TPSA) is 58.2 Å². The predicted octanol–water partition coefficient (Wildman–Crippen LogP) is 5.13. The molecule has 0 aliphatic heterocycles. The average Bonchev–Trinajstić information content (AvgIpc) is 3.10. The molecule has 0 fully saturated rings. The molecule has 0 aliphatic rings. The van der Waals surface area contributed by atoms with Crippen molar-refractivity contribution < 1.29 is 17.2 Å². The zero-order valence-corrected chi connectivity index (χ0v) is 15.4. The molecule has 2 aromatic carbocycles. The van der Waals surface area contributed by atoms with Gasteiger partial charge in [0.25, 0.3) is 10.0 Å². The van der Waals surface area contributed by atoms with Crippen LogP contribution >= 0.6 is 11.3 Å². The van der Waals surface area contributed by atoms with Crippen LogP contribution in [0.3, 0.4) is 0 Å². The van der Waals surface area contributed by atoms with E-state index in [4.69, 9.17) is 0 Å². The first kappa shape index (κ1) is 18.3. The highest BCUT2D eigenvalue weighted by Gasteiger charge is 2.16. The lowest BCUT2D eigenvalue weighted by molar-refractivity contribution is 0.509. The molecule has 0 saturated carbocycles. The van der Waals surface area contributed by atoms with Crippen molar-refractivity contribution in [2.24, 2.45) is 0 Å². The molecular formula is C18H16F2N2O2S2. The van der Waals surface area contributed by atoms with E-state index >= 15 is 0 Å². The summed E-state index contributed by atoms with van der Waals surface area (Å²) in [6.07, 6.45) is 0.782. The molecule has 4 nitrogen and oxygen atoms in total. The Morgan fingerprint density at radius 2 is 1.54 bits per heavy atom. The van der Waals surface area contributed by atoms with Crippen LogP contribution in [0.25, 0.3) is 0 Å². The highest BCUT2D eigenvalue weighted by Crippen LogP contribution is 2.26. The largest absolute Gasteiger partial charge is 0.355 e. The third kappa shape index (κ3) is 4.20. The second kappa shape index (κ2) is 7.43. The van der Waals surface area contributed by atoms with Crippen LogP contribution in [0.4, 0.5) is 25.8 Å². The standard InChI is InChI=1S/C18H16F2N2O2S2/c1-2-15-8-10-18(25-15)26(23,24)22-13-5-3-12(4-6-13)21-14-7-9-16(19)17(20)11-14/h3-11,21-22H,2H2,1H3. The van der Waals surface area contributed by atoms with Crippen LogP contribution in [-0.2, 0) is 16.4 Å². The van der Waals surface area contributed by atoms with Gasteiger partial charge in [-0.1, -0.05) is 6.92 Å². The molecule has 0 spiro atoms. The number of anilines is 3. The SMILES string of the molecule is CCc1ccc(S(=O)(=O)Nc2ccc(Nc3ccc(F)c(F)c3)cc2)s1. The number of sulfonamides is 1. The van der Waals surface area contributed by atoms with E-state index in [-0.39, 0.29) is 4.21 Å². The van der Waals surface area contributed by atoms with Gasteiger partial charge in [0.2, 0.25) is 0 Å². The fourth-order valence-corrected chi connectivity index (χ4v) is 4.61. The second-order valence-electron chi connectivity index (χ2n) is 5.51. The maximum absolute atomic E-state index is 13.2. The van der Waals surface area contributed by atoms with Crippen molar-refractivity contribution in [1.82, 2.24) is 0 Å². The van der Waals surface area contributed by atoms with Gasteiger partial charge in [0.15, 0.2) is 11.6 Å². The van der Waals surface area contributed by atoms with Crippen LogP contribution in [0.5, 0.6) is 0 Å². The lowest BCUT2D eigenvalue weighted by Crippen LogP contribution is -2.11. The van der Waals surface area contributed by atoms with Gasteiger partial charge in [0.1, 0.15) is 4.21 Å². The molecule has 2 N–H and O–H groups in total. The highest BCUT2D eigenvalue weighted by molar-refractivity contribution is 7.94. The first-order valence-electron chi connectivity index (χ1n) is 7.81. The summed E-state index contributed by atoms with van der Waals surface area (Å²) in [5.74, 6) is -1.86. The van der Waals surface area contributed by atoms with Crippen molar-refractivity contribution in [3.63, 3.8) is 0 Å². The van der Waals surface area contributed by atoms with E-state index in [9.17, 15) is 17.2 Å². The fourth-order valence-electron chi connectivity index (χ4n) is 2.26. The Morgan fingerprint density at radius 3 is 2.15 bits per heavy atom. The lowest BCUT2D eigenvalue weighted by Gasteiger charge is -2.09. The van der Waals surface area contributed by atoms with Crippen LogP contribution in [0, 0.1) is 11.6 Å². The summed E-state index contributed by atoms with van der Waals surface area (Å²) in [6, 6.07) is 13.4. The Bertz CT molecular complexity index is 1020. The normalized spacial score (nSPS) is 11.3. The van der Waals surface area contributed by atoms with E-state index in [2.05, 4.69) is 10.0 Å². The Morgan fingerprint density at radius 1 is 0.885 bits per heavy atom. The monoisotopic (exact) mass is 394 g/mol. The minimum Gasteiger partial charge on any atom is -0.355 e. The van der Waals surface area contributed by atoms with E-state index in [1.165, 1.54) is 17.4 Å². The van der Waals surface area contributed by atoms with Gasteiger partial charge in [0.05, 0.1) is 0 Å². The number of thiophene rings is 1. The van der Waals surface area contributed by atoms with Gasteiger partial charge in [-0.15, -0.1) is 11.3 Å². The number of rotatable bonds is 6. The number of halogens is 2. The molecular weight excluding hydrogens is 378 g/mol. The van der Waals surface area contributed by atoms with Gasteiger partial charge in [-0.3, -0.25) is 4.72 Å². The van der Waals surface area contributed by atoms with Crippen molar-refractivity contribution in [3.05, 3.63) is 71.1 Å². The highest BCUT2D eigenvalue weighted by atomic mass is 32.2. The lowest BCUT2D eigenvalue weighted by atomic mass is 10.2. The van der Waals surface area contributed by atoms with Gasteiger partial charge in [-0.05, 0) is 55.0 Å². The van der Waals surface area contributed by atoms with Crippen LogP contribution < -0.4 is 10.0 Å². The van der Waals surface area contributed by atoms with E-state index in [0.29, 0.717) is 17.1 Å². The summed E-state index contributed by atoms with van der Waals surface area (Å²) in [4.78, 5) is 0.997. The molecule has 3 rings (SSSR count). The summed E-state index contributed by atoms with van der Waals surface area (Å²) in [6.45, 7) is 1.97. The minimum atomic E-state index is -3.63. The average molecular weight is 394 g/mol. The number of hydrogen-bond donors (Lipinski definition) is 2. The number of nitrogens with one attached hydrogen (secondary N) is 2. The van der Waals surface area contributed by atoms with Crippen molar-refractivity contribution in [3.8, 4) is 0 Å². The Labute approximate surface area is 154 Å². The summed E-state index contributed by atoms with van der Waals surface area (Å²) in [7, 11) is -3.63. The molecule has 1 heterocycles. The quantitative estimate of drug-likeness (QED) is 0.609. The van der Waals surface area contributed by atoms with E-state index in [0.717, 1.165) is 23.4 Å². The predicted molar refractivity (Wildman–Crippen MR) is 101 cm³/mol. The van der Waals surface area contributed by atoms with Crippen molar-refractivity contribution in [2.75, 3.05) is 10.0 Å². The summed E-state index contributed by atoms with van der Waals surface area (Å²) < 4.78 is 53.7. The smallest absolute Gasteiger partial charge is 0.271 e. The summed E-state index contributed by atoms with van der Waals surface area (Å²) in [5.41, 5.74) is 1.42. The molecule has 0 saturated heterocycles. The Balaban J connectivity index is 1.71. The third-order valence-electron chi connectivity index (χ3n) is 3.60. The van der Waals surface area contributed by atoms with Crippen LogP contribution in [0.1, 0.15) is 11.8 Å². The van der Waals surface area contributed by atoms with Crippen molar-refractivity contribution >= 4 is 38.4 Å². The first-order chi connectivity index (χ1) is 12.4. The molecule has 0 radical (unpaired) electrons. The first-order valence-corrected chi connectivity index (χ1v) is 10.1. The molecule has 136 valence electrons. The van der Waals surface area contributed by atoms with Crippen molar-refractivity contribution in [2.45, 2.75) is 17.6 Å². The van der Waals surface area contributed by atoms with E-state index in [1.807, 2.05) is 6.92 Å². The van der Waals surface area contributed by atoms with Crippen LogP contribution in [0.15, 0.2) is 58.8 Å². The molecule has 3 aromatic rings. The van der Waals surface area contributed by atoms with Gasteiger partial charge in [0, 0.05) is 28.0 Å². The zero-order valence-electron chi connectivity index (χ0n) is 13.8. The van der Waals surface area contributed by atoms with Gasteiger partial charge in [-0.2, -0.15) is 0 Å². The Hall–Kier alpha value is -2.45. The fraction of sp³-hybridized carbons (Fsp3) is 0.111. The molecule has 1 aromatic heterocycles. The van der Waals surface area contributed by atoms with Gasteiger partial charge in [-0.25, -0.2) is 17.2 Å². The maximum Gasteiger partial charge on any atom is 0.271 e. The third-order valence-corrected chi connectivity index (χ3v) is 6.70. The zero-order chi connectivity index (χ0) is 18.7. The van der Waals surface area contributed by atoms with Gasteiger partial charge < -0.3 is 5.32 Å². The molecule has 0 unspecified atom stereocenters. The maximum atomic E-state index is 13.2. The number of hydrogen-bond acceptors (Lipinski definition) is 4. The van der Waals surface area contributed by atoms with Gasteiger partial charge >= 0.3 is 0 Å². The molecule has 0 bridgehead atoms. The second-order valence-corrected chi connectivity index (χ2v) is 8.59. The summed E-state index contributed by atoms with van der Waals surface area (Å²) in [5, 5.41) is 2.92. The minimum absolute atomic E-state index is 0.262. The Kier molecular flexibility index (Phi) is 5.24. The van der Waals surface area contributed by atoms with E-state index in [1.54, 1.807) is 36.4 Å². The number of benzene rings is 2. The van der Waals surface area contributed by atoms with Crippen LogP contribution in [0.2, 0.25) is 0 Å².